The molecule has 2 aromatic carbocycles. The molecule has 38 heavy (non-hydrogen) atoms. The van der Waals surface area contributed by atoms with Gasteiger partial charge in [-0.1, -0.05) is 50.2 Å². The van der Waals surface area contributed by atoms with E-state index in [4.69, 9.17) is 10.1 Å². The summed E-state index contributed by atoms with van der Waals surface area (Å²) in [4.78, 5) is 21.5. The van der Waals surface area contributed by atoms with Gasteiger partial charge in [0, 0.05) is 49.7 Å². The highest BCUT2D eigenvalue weighted by Gasteiger charge is 2.28. The van der Waals surface area contributed by atoms with Crippen molar-refractivity contribution >= 4 is 17.2 Å². The number of hydrogen-bond acceptors (Lipinski definition) is 6. The summed E-state index contributed by atoms with van der Waals surface area (Å²) in [7, 11) is 4.00. The Bertz CT molecular complexity index is 1270. The molecular weight excluding hydrogens is 474 g/mol. The number of benzene rings is 2. The number of carbonyl (C=O) groups is 1. The molecule has 1 saturated heterocycles. The van der Waals surface area contributed by atoms with Crippen LogP contribution in [0, 0.1) is 5.41 Å². The highest BCUT2D eigenvalue weighted by Crippen LogP contribution is 2.27. The van der Waals surface area contributed by atoms with Crippen LogP contribution in [-0.2, 0) is 11.4 Å². The molecule has 0 spiro atoms. The van der Waals surface area contributed by atoms with Crippen molar-refractivity contribution in [1.29, 1.82) is 5.41 Å². The summed E-state index contributed by atoms with van der Waals surface area (Å²) < 4.78 is 6.04. The van der Waals surface area contributed by atoms with Gasteiger partial charge in [0.25, 0.3) is 5.91 Å². The Balaban J connectivity index is 1.59. The highest BCUT2D eigenvalue weighted by atomic mass is 16.5. The molecule has 4 rings (SSSR count). The molecule has 198 valence electrons. The molecule has 0 saturated carbocycles. The van der Waals surface area contributed by atoms with Gasteiger partial charge in [-0.15, -0.1) is 0 Å². The molecule has 0 aliphatic carbocycles. The van der Waals surface area contributed by atoms with E-state index in [2.05, 4.69) is 53.3 Å². The van der Waals surface area contributed by atoms with Gasteiger partial charge in [-0.2, -0.15) is 0 Å². The van der Waals surface area contributed by atoms with E-state index in [0.717, 1.165) is 23.4 Å². The van der Waals surface area contributed by atoms with E-state index >= 15 is 0 Å². The fourth-order valence-corrected chi connectivity index (χ4v) is 4.34. The number of rotatable bonds is 10. The lowest BCUT2D eigenvalue weighted by molar-refractivity contribution is -0.128. The number of ether oxygens (including phenoxy) is 1. The molecule has 0 unspecified atom stereocenters. The smallest absolute Gasteiger partial charge is 0.270 e. The molecule has 1 fully saturated rings. The van der Waals surface area contributed by atoms with Gasteiger partial charge in [-0.05, 0) is 61.0 Å². The second kappa shape index (κ2) is 12.5. The molecule has 0 atom stereocenters. The van der Waals surface area contributed by atoms with E-state index in [0.29, 0.717) is 49.0 Å². The fourth-order valence-electron chi connectivity index (χ4n) is 4.34. The maximum atomic E-state index is 13.5. The lowest BCUT2D eigenvalue weighted by Crippen LogP contribution is -2.49. The fraction of sp³-hybridized carbons (Fsp3) is 0.323. The van der Waals surface area contributed by atoms with Crippen LogP contribution in [0.15, 0.2) is 78.8 Å². The van der Waals surface area contributed by atoms with E-state index in [1.807, 2.05) is 43.3 Å². The topological polar surface area (TPSA) is 81.6 Å². The molecule has 3 aromatic rings. The largest absolute Gasteiger partial charge is 0.489 e. The number of nitrogens with zero attached hydrogens (tertiary/aromatic N) is 3. The third-order valence-corrected chi connectivity index (χ3v) is 6.67. The van der Waals surface area contributed by atoms with Crippen molar-refractivity contribution in [3.05, 3.63) is 101 Å². The summed E-state index contributed by atoms with van der Waals surface area (Å²) in [6.07, 6.45) is 3.33. The first-order valence-electron chi connectivity index (χ1n) is 13.1. The summed E-state index contributed by atoms with van der Waals surface area (Å²) in [5.41, 5.74) is 5.20. The van der Waals surface area contributed by atoms with Crippen LogP contribution >= 0.6 is 0 Å². The first kappa shape index (κ1) is 27.1. The monoisotopic (exact) mass is 511 g/mol. The van der Waals surface area contributed by atoms with E-state index in [1.54, 1.807) is 24.5 Å². The van der Waals surface area contributed by atoms with Crippen molar-refractivity contribution in [2.24, 2.45) is 0 Å². The summed E-state index contributed by atoms with van der Waals surface area (Å²) in [5, 5.41) is 12.3. The molecular formula is C31H37N5O2. The maximum absolute atomic E-state index is 13.5. The Morgan fingerprint density at radius 2 is 1.71 bits per heavy atom. The SMILES string of the molecule is CC(C)c1ccc(COc2ccc(/C(C(=N)c3ccncc3)=C3/NCCN(CCN(C)C)C3=O)cc2)cc1. The summed E-state index contributed by atoms with van der Waals surface area (Å²) >= 11 is 0. The molecule has 2 heterocycles. The van der Waals surface area contributed by atoms with Gasteiger partial charge in [-0.3, -0.25) is 15.2 Å². The molecule has 1 aromatic heterocycles. The highest BCUT2D eigenvalue weighted by molar-refractivity contribution is 6.34. The van der Waals surface area contributed by atoms with E-state index in [-0.39, 0.29) is 11.6 Å². The molecule has 0 bridgehead atoms. The van der Waals surface area contributed by atoms with Crippen LogP contribution in [0.5, 0.6) is 5.75 Å². The number of allylic oxidation sites excluding steroid dienone is 1. The van der Waals surface area contributed by atoms with Gasteiger partial charge in [0.15, 0.2) is 0 Å². The number of likely N-dealkylation sites (N-methyl/N-ethyl adjacent to an activating group) is 1. The Morgan fingerprint density at radius 3 is 2.34 bits per heavy atom. The predicted molar refractivity (Wildman–Crippen MR) is 152 cm³/mol. The number of amides is 1. The van der Waals surface area contributed by atoms with Crippen LogP contribution in [0.1, 0.15) is 42.0 Å². The zero-order valence-electron chi connectivity index (χ0n) is 22.7. The lowest BCUT2D eigenvalue weighted by Gasteiger charge is -2.32. The Hall–Kier alpha value is -3.97. The predicted octanol–water partition coefficient (Wildman–Crippen LogP) is 4.56. The van der Waals surface area contributed by atoms with Gasteiger partial charge in [-0.25, -0.2) is 0 Å². The average Bonchev–Trinajstić information content (AvgIpc) is 2.93. The zero-order chi connectivity index (χ0) is 27.1. The van der Waals surface area contributed by atoms with Crippen molar-refractivity contribution in [2.75, 3.05) is 40.3 Å². The number of aromatic nitrogens is 1. The second-order valence-corrected chi connectivity index (χ2v) is 10.1. The van der Waals surface area contributed by atoms with E-state index in [9.17, 15) is 4.79 Å². The number of carbonyl (C=O) groups excluding carboxylic acids is 1. The van der Waals surface area contributed by atoms with Crippen LogP contribution in [0.25, 0.3) is 5.57 Å². The maximum Gasteiger partial charge on any atom is 0.270 e. The number of nitrogens with one attached hydrogen (secondary N) is 2. The van der Waals surface area contributed by atoms with Crippen LogP contribution in [0.3, 0.4) is 0 Å². The van der Waals surface area contributed by atoms with Crippen LogP contribution in [-0.4, -0.2) is 66.7 Å². The van der Waals surface area contributed by atoms with E-state index < -0.39 is 0 Å². The van der Waals surface area contributed by atoms with Crippen molar-refractivity contribution in [2.45, 2.75) is 26.4 Å². The Morgan fingerprint density at radius 1 is 1.03 bits per heavy atom. The molecule has 7 nitrogen and oxygen atoms in total. The van der Waals surface area contributed by atoms with E-state index in [1.165, 1.54) is 5.56 Å². The summed E-state index contributed by atoms with van der Waals surface area (Å²) in [6.45, 7) is 7.53. The van der Waals surface area contributed by atoms with Crippen LogP contribution in [0.4, 0.5) is 0 Å². The minimum Gasteiger partial charge on any atom is -0.489 e. The van der Waals surface area contributed by atoms with Crippen molar-refractivity contribution < 1.29 is 9.53 Å². The van der Waals surface area contributed by atoms with Gasteiger partial charge in [0.05, 0.1) is 5.71 Å². The standard InChI is InChI=1S/C31H37N5O2/c1-22(2)24-7-5-23(6-8-24)21-38-27-11-9-25(10-12-27)28(29(32)26-13-15-33-16-14-26)30-31(37)36(18-17-34-30)20-19-35(3)4/h5-16,22,32,34H,17-21H2,1-4H3/b30-28-,32-29?. The third-order valence-electron chi connectivity index (χ3n) is 6.67. The molecule has 1 aliphatic heterocycles. The number of pyridine rings is 1. The van der Waals surface area contributed by atoms with Gasteiger partial charge in [0.1, 0.15) is 18.1 Å². The van der Waals surface area contributed by atoms with Gasteiger partial charge >= 0.3 is 0 Å². The first-order chi connectivity index (χ1) is 18.3. The lowest BCUT2D eigenvalue weighted by atomic mass is 9.93. The van der Waals surface area contributed by atoms with Crippen molar-refractivity contribution in [3.8, 4) is 5.75 Å². The molecule has 1 amide bonds. The number of piperazine rings is 1. The van der Waals surface area contributed by atoms with Crippen LogP contribution in [0.2, 0.25) is 0 Å². The third kappa shape index (κ3) is 6.66. The van der Waals surface area contributed by atoms with Gasteiger partial charge in [0.2, 0.25) is 0 Å². The van der Waals surface area contributed by atoms with Crippen molar-refractivity contribution in [3.63, 3.8) is 0 Å². The quantitative estimate of drug-likeness (QED) is 0.308. The molecule has 2 N–H and O–H groups in total. The summed E-state index contributed by atoms with van der Waals surface area (Å²) in [6, 6.07) is 19.7. The molecule has 1 aliphatic rings. The Labute approximate surface area is 225 Å². The minimum absolute atomic E-state index is 0.0860. The normalized spacial score (nSPS) is 15.0. The van der Waals surface area contributed by atoms with Gasteiger partial charge < -0.3 is 19.9 Å². The van der Waals surface area contributed by atoms with Crippen LogP contribution < -0.4 is 10.1 Å². The minimum atomic E-state index is -0.0860. The molecule has 0 radical (unpaired) electrons. The zero-order valence-corrected chi connectivity index (χ0v) is 22.7. The average molecular weight is 512 g/mol. The summed E-state index contributed by atoms with van der Waals surface area (Å²) in [5.74, 6) is 1.14. The molecule has 7 heteroatoms. The Kier molecular flexibility index (Phi) is 8.92. The van der Waals surface area contributed by atoms with Crippen molar-refractivity contribution in [1.82, 2.24) is 20.1 Å². The number of hydrogen-bond donors (Lipinski definition) is 2. The second-order valence-electron chi connectivity index (χ2n) is 10.1. The first-order valence-corrected chi connectivity index (χ1v) is 13.1.